The lowest BCUT2D eigenvalue weighted by atomic mass is 9.76. The van der Waals surface area contributed by atoms with Crippen molar-refractivity contribution in [3.8, 4) is 11.3 Å². The number of halogens is 5. The number of fused-ring (bicyclic) bond motifs is 1. The summed E-state index contributed by atoms with van der Waals surface area (Å²) in [5, 5.41) is 6.99. The average Bonchev–Trinajstić information content (AvgIpc) is 3.50. The lowest BCUT2D eigenvalue weighted by molar-refractivity contribution is -0.123. The number of alkyl halides is 2. The smallest absolute Gasteiger partial charge is 0.276 e. The van der Waals surface area contributed by atoms with Crippen molar-refractivity contribution in [2.75, 3.05) is 16.8 Å². The number of amides is 2. The van der Waals surface area contributed by atoms with Crippen LogP contribution in [0.2, 0.25) is 10.0 Å². The predicted octanol–water partition coefficient (Wildman–Crippen LogP) is 6.66. The molecule has 2 fully saturated rings. The van der Waals surface area contributed by atoms with E-state index in [1.165, 1.54) is 13.1 Å². The number of aromatic nitrogens is 5. The van der Waals surface area contributed by atoms with Crippen LogP contribution in [0.5, 0.6) is 0 Å². The van der Waals surface area contributed by atoms with Crippen LogP contribution in [0, 0.1) is 24.6 Å². The van der Waals surface area contributed by atoms with Crippen LogP contribution in [0.1, 0.15) is 59.5 Å². The second-order valence-electron chi connectivity index (χ2n) is 10.6. The standard InChI is InChI=1S/C29H24Cl2F3N7O2/c1-13-25(39-22(10-35-13)23-19(26(33)34)5-6-20(30)24(23)32)28(42)38-17-9-37-41(12-17)14(2)16-7-21(31)27(36-8-16)40-11-15-3-4-18(15)29(40)43/h5-10,12,14-15,18,26H,3-4,11H2,1-2H3,(H,38,42)/t14?,15-,18-/m1/s1. The highest BCUT2D eigenvalue weighted by Gasteiger charge is 2.47. The zero-order valence-corrected chi connectivity index (χ0v) is 24.4. The maximum Gasteiger partial charge on any atom is 0.276 e. The Morgan fingerprint density at radius 3 is 2.56 bits per heavy atom. The SMILES string of the molecule is Cc1ncc(-c2c(C(F)F)ccc(Cl)c2F)nc1C(=O)Nc1cnn(C(C)c2cnc(N3C[C@H]4CC[C@H]4C3=O)c(Cl)c2)c1. The van der Waals surface area contributed by atoms with Gasteiger partial charge in [-0.2, -0.15) is 5.10 Å². The predicted molar refractivity (Wildman–Crippen MR) is 154 cm³/mol. The molecular weight excluding hydrogens is 606 g/mol. The maximum atomic E-state index is 14.8. The number of nitrogens with zero attached hydrogens (tertiary/aromatic N) is 6. The molecule has 1 N–H and O–H groups in total. The van der Waals surface area contributed by atoms with Crippen LogP contribution in [-0.2, 0) is 4.79 Å². The quantitative estimate of drug-likeness (QED) is 0.245. The van der Waals surface area contributed by atoms with Crippen LogP contribution in [-0.4, -0.2) is 43.1 Å². The van der Waals surface area contributed by atoms with Gasteiger partial charge in [0.25, 0.3) is 12.3 Å². The minimum Gasteiger partial charge on any atom is -0.318 e. The van der Waals surface area contributed by atoms with Crippen molar-refractivity contribution in [3.05, 3.63) is 81.4 Å². The first-order valence-electron chi connectivity index (χ1n) is 13.5. The van der Waals surface area contributed by atoms with Crippen molar-refractivity contribution in [3.63, 3.8) is 0 Å². The maximum absolute atomic E-state index is 14.8. The third kappa shape index (κ3) is 5.22. The fraction of sp³-hybridized carbons (Fsp3) is 0.310. The summed E-state index contributed by atoms with van der Waals surface area (Å²) in [6, 6.07) is 3.45. The van der Waals surface area contributed by atoms with Gasteiger partial charge < -0.3 is 5.32 Å². The average molecular weight is 630 g/mol. The van der Waals surface area contributed by atoms with Crippen molar-refractivity contribution >= 4 is 46.5 Å². The molecule has 0 spiro atoms. The zero-order chi connectivity index (χ0) is 30.6. The molecule has 2 aliphatic rings. The third-order valence-corrected chi connectivity index (χ3v) is 8.61. The summed E-state index contributed by atoms with van der Waals surface area (Å²) in [5.41, 5.74) is -0.334. The monoisotopic (exact) mass is 629 g/mol. The van der Waals surface area contributed by atoms with Crippen molar-refractivity contribution in [2.24, 2.45) is 11.8 Å². The van der Waals surface area contributed by atoms with E-state index in [2.05, 4.69) is 25.4 Å². The normalized spacial score (nSPS) is 18.5. The molecule has 0 bridgehead atoms. The van der Waals surface area contributed by atoms with E-state index in [0.717, 1.165) is 36.7 Å². The summed E-state index contributed by atoms with van der Waals surface area (Å²) in [5.74, 6) is -0.829. The molecule has 4 aromatic rings. The molecule has 222 valence electrons. The Labute approximate surface area is 254 Å². The fourth-order valence-corrected chi connectivity index (χ4v) is 5.89. The molecule has 1 saturated heterocycles. The molecule has 9 nitrogen and oxygen atoms in total. The lowest BCUT2D eigenvalue weighted by Gasteiger charge is -2.25. The second-order valence-corrected chi connectivity index (χ2v) is 11.4. The Kier molecular flexibility index (Phi) is 7.59. The highest BCUT2D eigenvalue weighted by molar-refractivity contribution is 6.33. The first-order valence-corrected chi connectivity index (χ1v) is 14.2. The van der Waals surface area contributed by atoms with Crippen LogP contribution in [0.4, 0.5) is 24.7 Å². The Hall–Kier alpha value is -4.03. The van der Waals surface area contributed by atoms with Crippen LogP contribution in [0.3, 0.4) is 0 Å². The van der Waals surface area contributed by atoms with Gasteiger partial charge in [0.15, 0.2) is 11.6 Å². The van der Waals surface area contributed by atoms with Crippen molar-refractivity contribution < 1.29 is 22.8 Å². The number of rotatable bonds is 7. The van der Waals surface area contributed by atoms with Crippen molar-refractivity contribution in [2.45, 2.75) is 39.2 Å². The highest BCUT2D eigenvalue weighted by Crippen LogP contribution is 2.44. The Morgan fingerprint density at radius 1 is 1.12 bits per heavy atom. The molecule has 3 aromatic heterocycles. The van der Waals surface area contributed by atoms with Gasteiger partial charge in [0.1, 0.15) is 5.69 Å². The topological polar surface area (TPSA) is 106 Å². The van der Waals surface area contributed by atoms with E-state index in [4.69, 9.17) is 23.2 Å². The Balaban J connectivity index is 1.20. The third-order valence-electron chi connectivity index (χ3n) is 8.04. The van der Waals surface area contributed by atoms with E-state index in [9.17, 15) is 22.8 Å². The van der Waals surface area contributed by atoms with Crippen LogP contribution >= 0.6 is 23.2 Å². The number of benzene rings is 1. The number of carbonyl (C=O) groups is 2. The molecule has 6 rings (SSSR count). The lowest BCUT2D eigenvalue weighted by Crippen LogP contribution is -2.29. The van der Waals surface area contributed by atoms with Crippen LogP contribution < -0.4 is 10.2 Å². The molecule has 14 heteroatoms. The largest absolute Gasteiger partial charge is 0.318 e. The molecule has 1 aliphatic carbocycles. The molecular formula is C29H24Cl2F3N7O2. The van der Waals surface area contributed by atoms with Gasteiger partial charge in [0.2, 0.25) is 5.91 Å². The van der Waals surface area contributed by atoms with Gasteiger partial charge in [-0.1, -0.05) is 29.3 Å². The Morgan fingerprint density at radius 2 is 1.91 bits per heavy atom. The van der Waals surface area contributed by atoms with E-state index in [-0.39, 0.29) is 40.0 Å². The molecule has 4 heterocycles. The molecule has 1 unspecified atom stereocenters. The number of hydrogen-bond acceptors (Lipinski definition) is 6. The number of aryl methyl sites for hydroxylation is 1. The molecule has 3 atom stereocenters. The summed E-state index contributed by atoms with van der Waals surface area (Å²) < 4.78 is 43.7. The molecule has 2 amide bonds. The minimum atomic E-state index is -3.01. The molecule has 1 aliphatic heterocycles. The van der Waals surface area contributed by atoms with Crippen LogP contribution in [0.25, 0.3) is 11.3 Å². The summed E-state index contributed by atoms with van der Waals surface area (Å²) in [7, 11) is 0. The van der Waals surface area contributed by atoms with Gasteiger partial charge in [0.05, 0.1) is 45.6 Å². The van der Waals surface area contributed by atoms with Gasteiger partial charge >= 0.3 is 0 Å². The van der Waals surface area contributed by atoms with E-state index >= 15 is 0 Å². The molecule has 1 saturated carbocycles. The van der Waals surface area contributed by atoms with E-state index in [1.54, 1.807) is 28.0 Å². The van der Waals surface area contributed by atoms with Gasteiger partial charge in [-0.25, -0.2) is 23.1 Å². The molecule has 0 radical (unpaired) electrons. The van der Waals surface area contributed by atoms with Crippen molar-refractivity contribution in [1.29, 1.82) is 0 Å². The number of carbonyl (C=O) groups excluding carboxylic acids is 2. The fourth-order valence-electron chi connectivity index (χ4n) is 5.45. The first-order chi connectivity index (χ1) is 20.5. The van der Waals surface area contributed by atoms with Gasteiger partial charge in [0, 0.05) is 36.0 Å². The van der Waals surface area contributed by atoms with Gasteiger partial charge in [-0.3, -0.25) is 24.2 Å². The van der Waals surface area contributed by atoms with Crippen LogP contribution in [0.15, 0.2) is 43.0 Å². The number of hydrogen-bond donors (Lipinski definition) is 1. The highest BCUT2D eigenvalue weighted by atomic mass is 35.5. The summed E-state index contributed by atoms with van der Waals surface area (Å²) in [6.45, 7) is 4.01. The molecule has 43 heavy (non-hydrogen) atoms. The Bertz CT molecular complexity index is 1770. The molecule has 1 aromatic carbocycles. The number of nitrogens with one attached hydrogen (secondary N) is 1. The van der Waals surface area contributed by atoms with E-state index < -0.39 is 29.3 Å². The van der Waals surface area contributed by atoms with Crippen molar-refractivity contribution in [1.82, 2.24) is 24.7 Å². The summed E-state index contributed by atoms with van der Waals surface area (Å²) in [4.78, 5) is 40.2. The van der Waals surface area contributed by atoms with E-state index in [1.807, 2.05) is 6.92 Å². The van der Waals surface area contributed by atoms with Gasteiger partial charge in [-0.05, 0) is 50.3 Å². The van der Waals surface area contributed by atoms with E-state index in [0.29, 0.717) is 29.0 Å². The summed E-state index contributed by atoms with van der Waals surface area (Å²) >= 11 is 12.4. The zero-order valence-electron chi connectivity index (χ0n) is 22.9. The number of anilines is 2. The summed E-state index contributed by atoms with van der Waals surface area (Å²) in [6.07, 6.45) is 4.71. The minimum absolute atomic E-state index is 0.0662. The first kappa shape index (κ1) is 29.1. The number of pyridine rings is 1. The second kappa shape index (κ2) is 11.2. The van der Waals surface area contributed by atoms with Gasteiger partial charge in [-0.15, -0.1) is 0 Å².